The summed E-state index contributed by atoms with van der Waals surface area (Å²) in [5.41, 5.74) is 3.28. The first-order valence-electron chi connectivity index (χ1n) is 13.7. The van der Waals surface area contributed by atoms with Gasteiger partial charge in [-0.3, -0.25) is 9.36 Å². The fraction of sp³-hybridized carbons (Fsp3) is 0.276. The number of nitrogens with zero attached hydrogens (tertiary/aromatic N) is 11. The largest absolute Gasteiger partial charge is 0.333 e. The Morgan fingerprint density at radius 1 is 0.810 bits per heavy atom. The molecule has 13 heteroatoms. The second-order valence-corrected chi connectivity index (χ2v) is 10.4. The van der Waals surface area contributed by atoms with E-state index in [1.165, 1.54) is 25.0 Å². The van der Waals surface area contributed by atoms with E-state index in [0.29, 0.717) is 22.6 Å². The Morgan fingerprint density at radius 2 is 1.62 bits per heavy atom. The van der Waals surface area contributed by atoms with E-state index in [2.05, 4.69) is 40.4 Å². The first-order chi connectivity index (χ1) is 20.4. The number of alkyl halides is 2. The van der Waals surface area contributed by atoms with Gasteiger partial charge < -0.3 is 4.90 Å². The maximum atomic E-state index is 15.9. The first kappa shape index (κ1) is 26.0. The Kier molecular flexibility index (Phi) is 6.50. The van der Waals surface area contributed by atoms with Crippen LogP contribution in [0.25, 0.3) is 39.4 Å². The molecule has 1 aromatic carbocycles. The molecule has 212 valence electrons. The van der Waals surface area contributed by atoms with Crippen molar-refractivity contribution in [3.63, 3.8) is 0 Å². The normalized spacial score (nSPS) is 14.3. The fourth-order valence-electron chi connectivity index (χ4n) is 5.19. The number of fused-ring (bicyclic) bond motifs is 1. The van der Waals surface area contributed by atoms with Gasteiger partial charge in [0, 0.05) is 66.2 Å². The molecule has 1 aliphatic rings. The smallest absolute Gasteiger partial charge is 0.301 e. The molecule has 5 aromatic heterocycles. The average Bonchev–Trinajstić information content (AvgIpc) is 3.83. The molecule has 0 saturated carbocycles. The number of aromatic nitrogens is 10. The molecule has 0 amide bonds. The lowest BCUT2D eigenvalue weighted by Gasteiger charge is -2.15. The van der Waals surface area contributed by atoms with E-state index in [0.717, 1.165) is 41.8 Å². The minimum Gasteiger partial charge on any atom is -0.301 e. The van der Waals surface area contributed by atoms with Crippen molar-refractivity contribution < 1.29 is 8.78 Å². The SMILES string of the molecule is Cn1cc(-c2ccc3nnc(C(F)(F)c4cccc(-c5ncc(-c6cnn(CCN7CCCC7)c6)cn5)c4)n3n2)cn1. The van der Waals surface area contributed by atoms with E-state index in [4.69, 9.17) is 0 Å². The molecule has 0 radical (unpaired) electrons. The van der Waals surface area contributed by atoms with Crippen LogP contribution in [0.3, 0.4) is 0 Å². The van der Waals surface area contributed by atoms with Gasteiger partial charge in [0.1, 0.15) is 0 Å². The van der Waals surface area contributed by atoms with E-state index in [9.17, 15) is 0 Å². The van der Waals surface area contributed by atoms with Gasteiger partial charge in [0.2, 0.25) is 5.82 Å². The molecule has 0 unspecified atom stereocenters. The van der Waals surface area contributed by atoms with Crippen molar-refractivity contribution >= 4 is 5.65 Å². The number of halogens is 2. The van der Waals surface area contributed by atoms with Crippen molar-refractivity contribution in [2.75, 3.05) is 19.6 Å². The first-order valence-corrected chi connectivity index (χ1v) is 13.7. The molecule has 0 N–H and O–H groups in total. The Balaban J connectivity index is 1.12. The predicted molar refractivity (Wildman–Crippen MR) is 150 cm³/mol. The number of rotatable bonds is 8. The van der Waals surface area contributed by atoms with Crippen molar-refractivity contribution in [3.05, 3.63) is 85.0 Å². The van der Waals surface area contributed by atoms with Crippen LogP contribution in [-0.2, 0) is 19.5 Å². The van der Waals surface area contributed by atoms with Gasteiger partial charge in [-0.2, -0.15) is 28.6 Å². The van der Waals surface area contributed by atoms with Crippen molar-refractivity contribution in [1.82, 2.24) is 54.2 Å². The lowest BCUT2D eigenvalue weighted by Crippen LogP contribution is -2.24. The van der Waals surface area contributed by atoms with Crippen LogP contribution in [0.1, 0.15) is 24.2 Å². The van der Waals surface area contributed by atoms with Gasteiger partial charge in [-0.1, -0.05) is 18.2 Å². The summed E-state index contributed by atoms with van der Waals surface area (Å²) < 4.78 is 36.4. The number of hydrogen-bond acceptors (Lipinski definition) is 8. The minimum atomic E-state index is -3.49. The molecule has 0 aliphatic carbocycles. The third-order valence-electron chi connectivity index (χ3n) is 7.49. The molecule has 11 nitrogen and oxygen atoms in total. The van der Waals surface area contributed by atoms with Gasteiger partial charge in [0.05, 0.1) is 24.6 Å². The minimum absolute atomic E-state index is 0.215. The van der Waals surface area contributed by atoms with E-state index >= 15 is 8.78 Å². The monoisotopic (exact) mass is 567 g/mol. The van der Waals surface area contributed by atoms with Gasteiger partial charge in [-0.05, 0) is 44.1 Å². The summed E-state index contributed by atoms with van der Waals surface area (Å²) in [6, 6.07) is 9.27. The molecule has 6 heterocycles. The highest BCUT2D eigenvalue weighted by Crippen LogP contribution is 2.36. The highest BCUT2D eigenvalue weighted by molar-refractivity contribution is 5.63. The molecule has 0 spiro atoms. The lowest BCUT2D eigenvalue weighted by atomic mass is 10.0. The Hall–Kier alpha value is -4.91. The highest BCUT2D eigenvalue weighted by atomic mass is 19.3. The third kappa shape index (κ3) is 4.91. The summed E-state index contributed by atoms with van der Waals surface area (Å²) in [5.74, 6) is -3.74. The average molecular weight is 568 g/mol. The number of aryl methyl sites for hydroxylation is 1. The third-order valence-corrected chi connectivity index (χ3v) is 7.49. The van der Waals surface area contributed by atoms with Gasteiger partial charge >= 0.3 is 5.92 Å². The van der Waals surface area contributed by atoms with Gasteiger partial charge in [-0.25, -0.2) is 9.97 Å². The van der Waals surface area contributed by atoms with Crippen LogP contribution in [0.5, 0.6) is 0 Å². The topological polar surface area (TPSA) is 108 Å². The quantitative estimate of drug-likeness (QED) is 0.271. The Bertz CT molecular complexity index is 1850. The molecule has 7 rings (SSSR count). The van der Waals surface area contributed by atoms with Crippen LogP contribution in [0, 0.1) is 0 Å². The molecule has 1 saturated heterocycles. The lowest BCUT2D eigenvalue weighted by molar-refractivity contribution is 0.0307. The molecule has 1 fully saturated rings. The Morgan fingerprint density at radius 3 is 2.40 bits per heavy atom. The molecule has 0 bridgehead atoms. The number of likely N-dealkylation sites (tertiary alicyclic amines) is 1. The second-order valence-electron chi connectivity index (χ2n) is 10.4. The fourth-order valence-corrected chi connectivity index (χ4v) is 5.19. The van der Waals surface area contributed by atoms with Crippen LogP contribution in [-0.4, -0.2) is 73.9 Å². The molecular formula is C29H27F2N11. The molecule has 0 atom stereocenters. The highest BCUT2D eigenvalue weighted by Gasteiger charge is 2.40. The summed E-state index contributed by atoms with van der Waals surface area (Å²) in [7, 11) is 1.77. The zero-order valence-electron chi connectivity index (χ0n) is 22.8. The van der Waals surface area contributed by atoms with E-state index in [-0.39, 0.29) is 11.2 Å². The van der Waals surface area contributed by atoms with Crippen molar-refractivity contribution in [1.29, 1.82) is 0 Å². The van der Waals surface area contributed by atoms with Gasteiger partial charge in [0.25, 0.3) is 0 Å². The van der Waals surface area contributed by atoms with Crippen LogP contribution >= 0.6 is 0 Å². The van der Waals surface area contributed by atoms with Crippen LogP contribution in [0.2, 0.25) is 0 Å². The van der Waals surface area contributed by atoms with Crippen molar-refractivity contribution in [2.24, 2.45) is 7.05 Å². The zero-order chi connectivity index (χ0) is 28.7. The van der Waals surface area contributed by atoms with E-state index in [1.54, 1.807) is 67.0 Å². The predicted octanol–water partition coefficient (Wildman–Crippen LogP) is 4.08. The molecule has 6 aromatic rings. The van der Waals surface area contributed by atoms with E-state index in [1.807, 2.05) is 10.9 Å². The van der Waals surface area contributed by atoms with Crippen molar-refractivity contribution in [3.8, 4) is 33.8 Å². The summed E-state index contributed by atoms with van der Waals surface area (Å²) in [4.78, 5) is 11.4. The number of benzene rings is 1. The zero-order valence-corrected chi connectivity index (χ0v) is 22.8. The van der Waals surface area contributed by atoms with Crippen LogP contribution in [0.4, 0.5) is 8.78 Å². The number of hydrogen-bond donors (Lipinski definition) is 0. The maximum absolute atomic E-state index is 15.9. The molecule has 1 aliphatic heterocycles. The summed E-state index contributed by atoms with van der Waals surface area (Å²) in [5, 5.41) is 20.7. The van der Waals surface area contributed by atoms with Crippen LogP contribution < -0.4 is 0 Å². The van der Waals surface area contributed by atoms with Crippen LogP contribution in [0.15, 0.2) is 73.6 Å². The second kappa shape index (κ2) is 10.5. The molecular weight excluding hydrogens is 540 g/mol. The maximum Gasteiger partial charge on any atom is 0.333 e. The summed E-state index contributed by atoms with van der Waals surface area (Å²) in [6.45, 7) is 4.09. The summed E-state index contributed by atoms with van der Waals surface area (Å²) >= 11 is 0. The van der Waals surface area contributed by atoms with Crippen molar-refractivity contribution in [2.45, 2.75) is 25.3 Å². The Labute approximate surface area is 239 Å². The molecule has 42 heavy (non-hydrogen) atoms. The standard InChI is InChI=1S/C29H27F2N11/c1-39-18-23(17-34-39)25-7-8-26-36-37-28(42(26)38-25)29(30,31)24-6-4-5-20(13-24)27-32-14-21(15-33-27)22-16-35-41(19-22)12-11-40-9-2-3-10-40/h4-8,13-19H,2-3,9-12H2,1H3. The van der Waals surface area contributed by atoms with Gasteiger partial charge in [-0.15, -0.1) is 10.2 Å². The summed E-state index contributed by atoms with van der Waals surface area (Å²) in [6.07, 6.45) is 13.0. The van der Waals surface area contributed by atoms with E-state index < -0.39 is 11.7 Å². The van der Waals surface area contributed by atoms with Gasteiger partial charge in [0.15, 0.2) is 11.5 Å².